The van der Waals surface area contributed by atoms with Crippen LogP contribution in [-0.4, -0.2) is 25.5 Å². The summed E-state index contributed by atoms with van der Waals surface area (Å²) in [5.41, 5.74) is 0. The number of nitrogens with one attached hydrogen (secondary N) is 2. The second-order valence-electron chi connectivity index (χ2n) is 5.17. The van der Waals surface area contributed by atoms with Crippen LogP contribution in [0.4, 0.5) is 0 Å². The average Bonchev–Trinajstić information content (AvgIpc) is 2.10. The van der Waals surface area contributed by atoms with E-state index in [1.165, 1.54) is 0 Å². The average molecular weight is 249 g/mol. The van der Waals surface area contributed by atoms with E-state index in [1.54, 1.807) is 0 Å². The molecule has 0 aromatic rings. The van der Waals surface area contributed by atoms with Gasteiger partial charge in [-0.3, -0.25) is 4.79 Å². The lowest BCUT2D eigenvalue weighted by molar-refractivity contribution is -0.126. The Bertz CT molecular complexity index is 217. The van der Waals surface area contributed by atoms with Crippen LogP contribution in [0, 0.1) is 23.7 Å². The first-order valence-corrected chi connectivity index (χ1v) is 6.00. The van der Waals surface area contributed by atoms with Crippen molar-refractivity contribution in [3.05, 3.63) is 0 Å². The minimum absolute atomic E-state index is 0. The number of carbonyl (C=O) groups is 1. The third kappa shape index (κ3) is 4.30. The molecular formula is C12H25ClN2O. The third-order valence-corrected chi connectivity index (χ3v) is 3.67. The fourth-order valence-electron chi connectivity index (χ4n) is 1.54. The van der Waals surface area contributed by atoms with Crippen molar-refractivity contribution in [3.8, 4) is 0 Å². The van der Waals surface area contributed by atoms with Crippen LogP contribution in [0.15, 0.2) is 0 Å². The van der Waals surface area contributed by atoms with E-state index in [0.717, 1.165) is 19.6 Å². The Morgan fingerprint density at radius 3 is 2.25 bits per heavy atom. The van der Waals surface area contributed by atoms with E-state index in [1.807, 2.05) is 6.92 Å². The Morgan fingerprint density at radius 1 is 1.31 bits per heavy atom. The summed E-state index contributed by atoms with van der Waals surface area (Å²) in [6.07, 6.45) is 0. The van der Waals surface area contributed by atoms with Gasteiger partial charge in [-0.15, -0.1) is 12.4 Å². The van der Waals surface area contributed by atoms with Crippen molar-refractivity contribution >= 4 is 18.3 Å². The van der Waals surface area contributed by atoms with Crippen molar-refractivity contribution in [1.29, 1.82) is 0 Å². The van der Waals surface area contributed by atoms with Gasteiger partial charge in [0.05, 0.1) is 0 Å². The van der Waals surface area contributed by atoms with E-state index in [2.05, 4.69) is 31.4 Å². The Hall–Kier alpha value is -0.280. The van der Waals surface area contributed by atoms with Gasteiger partial charge in [0.15, 0.2) is 0 Å². The van der Waals surface area contributed by atoms with Crippen molar-refractivity contribution in [2.45, 2.75) is 27.7 Å². The van der Waals surface area contributed by atoms with E-state index < -0.39 is 0 Å². The first kappa shape index (κ1) is 15.7. The summed E-state index contributed by atoms with van der Waals surface area (Å²) in [6, 6.07) is 0. The topological polar surface area (TPSA) is 41.1 Å². The normalized spacial score (nSPS) is 19.6. The predicted octanol–water partition coefficient (Wildman–Crippen LogP) is 1.67. The van der Waals surface area contributed by atoms with E-state index in [9.17, 15) is 4.79 Å². The predicted molar refractivity (Wildman–Crippen MR) is 69.8 cm³/mol. The fourth-order valence-corrected chi connectivity index (χ4v) is 1.54. The van der Waals surface area contributed by atoms with Crippen molar-refractivity contribution < 1.29 is 4.79 Å². The van der Waals surface area contributed by atoms with Gasteiger partial charge in [0.25, 0.3) is 0 Å². The van der Waals surface area contributed by atoms with Crippen LogP contribution in [0.5, 0.6) is 0 Å². The lowest BCUT2D eigenvalue weighted by Crippen LogP contribution is -2.50. The monoisotopic (exact) mass is 248 g/mol. The highest BCUT2D eigenvalue weighted by Gasteiger charge is 2.28. The molecule has 0 aromatic heterocycles. The summed E-state index contributed by atoms with van der Waals surface area (Å²) in [4.78, 5) is 11.8. The molecule has 1 saturated heterocycles. The van der Waals surface area contributed by atoms with E-state index in [0.29, 0.717) is 17.8 Å². The number of amides is 1. The number of carbonyl (C=O) groups excluding carboxylic acids is 1. The van der Waals surface area contributed by atoms with Crippen LogP contribution in [-0.2, 0) is 4.79 Å². The highest BCUT2D eigenvalue weighted by atomic mass is 35.5. The Labute approximate surface area is 105 Å². The minimum Gasteiger partial charge on any atom is -0.356 e. The summed E-state index contributed by atoms with van der Waals surface area (Å²) in [6.45, 7) is 11.4. The van der Waals surface area contributed by atoms with E-state index >= 15 is 0 Å². The first-order chi connectivity index (χ1) is 7.02. The zero-order chi connectivity index (χ0) is 11.4. The molecule has 4 heteroatoms. The molecule has 0 saturated carbocycles. The molecule has 0 radical (unpaired) electrons. The van der Waals surface area contributed by atoms with Crippen molar-refractivity contribution in [1.82, 2.24) is 10.6 Å². The van der Waals surface area contributed by atoms with Crippen LogP contribution in [0.1, 0.15) is 27.7 Å². The number of hydrogen-bond donors (Lipinski definition) is 2. The summed E-state index contributed by atoms with van der Waals surface area (Å²) in [7, 11) is 0. The molecule has 2 unspecified atom stereocenters. The molecule has 1 aliphatic heterocycles. The molecule has 2 atom stereocenters. The summed E-state index contributed by atoms with van der Waals surface area (Å²) < 4.78 is 0. The van der Waals surface area contributed by atoms with Gasteiger partial charge in [0.2, 0.25) is 5.91 Å². The smallest absolute Gasteiger partial charge is 0.223 e. The maximum Gasteiger partial charge on any atom is 0.223 e. The third-order valence-electron chi connectivity index (χ3n) is 3.67. The van der Waals surface area contributed by atoms with Gasteiger partial charge in [-0.2, -0.15) is 0 Å². The molecule has 1 rings (SSSR count). The van der Waals surface area contributed by atoms with Crippen LogP contribution in [0.3, 0.4) is 0 Å². The zero-order valence-corrected chi connectivity index (χ0v) is 11.6. The van der Waals surface area contributed by atoms with Gasteiger partial charge in [-0.1, -0.05) is 27.7 Å². The summed E-state index contributed by atoms with van der Waals surface area (Å²) in [5, 5.41) is 6.25. The van der Waals surface area contributed by atoms with Crippen molar-refractivity contribution in [3.63, 3.8) is 0 Å². The van der Waals surface area contributed by atoms with Crippen molar-refractivity contribution in [2.75, 3.05) is 19.6 Å². The highest BCUT2D eigenvalue weighted by Crippen LogP contribution is 2.16. The standard InChI is InChI=1S/C12H24N2O.ClH/c1-8(2)9(3)5-14-12(15)10(4)11-6-13-7-11;/h8-11,13H,5-7H2,1-4H3,(H,14,15);1H. The zero-order valence-electron chi connectivity index (χ0n) is 10.7. The van der Waals surface area contributed by atoms with Gasteiger partial charge in [0.1, 0.15) is 0 Å². The van der Waals surface area contributed by atoms with Gasteiger partial charge in [-0.05, 0) is 30.8 Å². The largest absolute Gasteiger partial charge is 0.356 e. The molecule has 1 heterocycles. The van der Waals surface area contributed by atoms with E-state index in [4.69, 9.17) is 0 Å². The molecule has 16 heavy (non-hydrogen) atoms. The molecule has 0 aromatic carbocycles. The summed E-state index contributed by atoms with van der Waals surface area (Å²) >= 11 is 0. The SMILES string of the molecule is CC(C)C(C)CNC(=O)C(C)C1CNC1.Cl. The van der Waals surface area contributed by atoms with Gasteiger partial charge in [-0.25, -0.2) is 0 Å². The highest BCUT2D eigenvalue weighted by molar-refractivity contribution is 5.85. The van der Waals surface area contributed by atoms with Crippen LogP contribution >= 0.6 is 12.4 Å². The molecule has 0 spiro atoms. The van der Waals surface area contributed by atoms with Gasteiger partial charge >= 0.3 is 0 Å². The van der Waals surface area contributed by atoms with Gasteiger partial charge < -0.3 is 10.6 Å². The molecule has 0 aliphatic carbocycles. The maximum absolute atomic E-state index is 11.8. The molecule has 3 nitrogen and oxygen atoms in total. The maximum atomic E-state index is 11.8. The van der Waals surface area contributed by atoms with E-state index in [-0.39, 0.29) is 24.2 Å². The summed E-state index contributed by atoms with van der Waals surface area (Å²) in [5.74, 6) is 2.10. The lowest BCUT2D eigenvalue weighted by Gasteiger charge is -2.32. The Kier molecular flexibility index (Phi) is 7.00. The molecule has 96 valence electrons. The second kappa shape index (κ2) is 7.13. The molecule has 1 amide bonds. The van der Waals surface area contributed by atoms with Gasteiger partial charge in [0, 0.05) is 12.5 Å². The molecule has 1 aliphatic rings. The quantitative estimate of drug-likeness (QED) is 0.777. The molecule has 2 N–H and O–H groups in total. The number of rotatable bonds is 5. The Morgan fingerprint density at radius 2 is 1.88 bits per heavy atom. The molecule has 1 fully saturated rings. The second-order valence-corrected chi connectivity index (χ2v) is 5.17. The van der Waals surface area contributed by atoms with Crippen LogP contribution in [0.25, 0.3) is 0 Å². The van der Waals surface area contributed by atoms with Crippen LogP contribution < -0.4 is 10.6 Å². The molecular weight excluding hydrogens is 224 g/mol. The number of hydrogen-bond acceptors (Lipinski definition) is 2. The first-order valence-electron chi connectivity index (χ1n) is 6.00. The number of halogens is 1. The fraction of sp³-hybridized carbons (Fsp3) is 0.917. The van der Waals surface area contributed by atoms with Crippen molar-refractivity contribution in [2.24, 2.45) is 23.7 Å². The lowest BCUT2D eigenvalue weighted by atomic mass is 9.88. The Balaban J connectivity index is 0.00000225. The molecule has 0 bridgehead atoms. The minimum atomic E-state index is 0. The van der Waals surface area contributed by atoms with Crippen LogP contribution in [0.2, 0.25) is 0 Å².